The molecule has 2 rings (SSSR count). The van der Waals surface area contributed by atoms with Crippen LogP contribution in [-0.2, 0) is 4.79 Å². The zero-order valence-corrected chi connectivity index (χ0v) is 14.9. The van der Waals surface area contributed by atoms with E-state index in [2.05, 4.69) is 38.2 Å². The third kappa shape index (κ3) is 5.39. The number of aromatic nitrogens is 1. The molecule has 5 nitrogen and oxygen atoms in total. The Morgan fingerprint density at radius 2 is 2.09 bits per heavy atom. The summed E-state index contributed by atoms with van der Waals surface area (Å²) in [6, 6.07) is 10.6. The number of ether oxygens (including phenoxy) is 1. The Bertz CT molecular complexity index is 682. The van der Waals surface area contributed by atoms with Gasteiger partial charge in [-0.3, -0.25) is 10.1 Å². The predicted octanol–water partition coefficient (Wildman–Crippen LogP) is 3.23. The van der Waals surface area contributed by atoms with Crippen molar-refractivity contribution in [3.05, 3.63) is 51.2 Å². The van der Waals surface area contributed by atoms with Gasteiger partial charge in [0.15, 0.2) is 11.7 Å². The standard InChI is InChI=1S/C14H11ClIN3O2S/c15-10-3-1-2-4-11(10)21-8-13(20)19-14(22)18-12-6-5-9(16)7-17-12/h1-7H,8H2,(H2,17,18,19,20,22). The molecule has 114 valence electrons. The van der Waals surface area contributed by atoms with Crippen molar-refractivity contribution in [2.45, 2.75) is 0 Å². The molecule has 1 aromatic carbocycles. The summed E-state index contributed by atoms with van der Waals surface area (Å²) in [5, 5.41) is 5.91. The average Bonchev–Trinajstić information content (AvgIpc) is 2.49. The molecule has 0 saturated heterocycles. The molecule has 0 aliphatic heterocycles. The number of pyridine rings is 1. The van der Waals surface area contributed by atoms with Crippen LogP contribution in [0.15, 0.2) is 42.6 Å². The van der Waals surface area contributed by atoms with Crippen molar-refractivity contribution in [1.29, 1.82) is 0 Å². The molecular formula is C14H11ClIN3O2S. The van der Waals surface area contributed by atoms with Crippen LogP contribution in [0.4, 0.5) is 5.82 Å². The Balaban J connectivity index is 1.80. The molecule has 1 heterocycles. The Hall–Kier alpha value is -1.45. The number of nitrogens with one attached hydrogen (secondary N) is 2. The second-order valence-corrected chi connectivity index (χ2v) is 6.14. The minimum Gasteiger partial charge on any atom is -0.482 e. The van der Waals surface area contributed by atoms with E-state index in [0.29, 0.717) is 16.6 Å². The van der Waals surface area contributed by atoms with Crippen LogP contribution in [0.5, 0.6) is 5.75 Å². The molecule has 22 heavy (non-hydrogen) atoms. The maximum Gasteiger partial charge on any atom is 0.264 e. The van der Waals surface area contributed by atoms with Gasteiger partial charge in [-0.25, -0.2) is 4.98 Å². The number of anilines is 1. The Morgan fingerprint density at radius 1 is 1.32 bits per heavy atom. The minimum atomic E-state index is -0.386. The summed E-state index contributed by atoms with van der Waals surface area (Å²) >= 11 is 13.1. The Labute approximate surface area is 151 Å². The van der Waals surface area contributed by atoms with E-state index in [0.717, 1.165) is 3.57 Å². The van der Waals surface area contributed by atoms with Gasteiger partial charge in [-0.15, -0.1) is 0 Å². The summed E-state index contributed by atoms with van der Waals surface area (Å²) in [6.45, 7) is -0.189. The minimum absolute atomic E-state index is 0.154. The summed E-state index contributed by atoms with van der Waals surface area (Å²) in [6.07, 6.45) is 1.69. The first-order valence-electron chi connectivity index (χ1n) is 6.14. The first kappa shape index (κ1) is 16.9. The molecular weight excluding hydrogens is 437 g/mol. The summed E-state index contributed by atoms with van der Waals surface area (Å²) in [4.78, 5) is 15.9. The lowest BCUT2D eigenvalue weighted by molar-refractivity contribution is -0.121. The van der Waals surface area contributed by atoms with Gasteiger partial charge >= 0.3 is 0 Å². The van der Waals surface area contributed by atoms with Gasteiger partial charge in [0.2, 0.25) is 0 Å². The number of rotatable bonds is 4. The highest BCUT2D eigenvalue weighted by Gasteiger charge is 2.08. The topological polar surface area (TPSA) is 63.2 Å². The number of para-hydroxylation sites is 1. The van der Waals surface area contributed by atoms with Gasteiger partial charge in [-0.1, -0.05) is 23.7 Å². The highest BCUT2D eigenvalue weighted by molar-refractivity contribution is 14.1. The van der Waals surface area contributed by atoms with Gasteiger partial charge in [0.05, 0.1) is 5.02 Å². The van der Waals surface area contributed by atoms with Gasteiger partial charge in [-0.05, 0) is 59.1 Å². The van der Waals surface area contributed by atoms with Crippen LogP contribution < -0.4 is 15.4 Å². The molecule has 0 atom stereocenters. The van der Waals surface area contributed by atoms with E-state index in [1.807, 2.05) is 6.07 Å². The smallest absolute Gasteiger partial charge is 0.264 e. The van der Waals surface area contributed by atoms with E-state index in [9.17, 15) is 4.79 Å². The third-order valence-electron chi connectivity index (χ3n) is 2.42. The van der Waals surface area contributed by atoms with Gasteiger partial charge in [-0.2, -0.15) is 0 Å². The lowest BCUT2D eigenvalue weighted by Gasteiger charge is -2.10. The number of carbonyl (C=O) groups is 1. The number of hydrogen-bond donors (Lipinski definition) is 2. The normalized spacial score (nSPS) is 9.91. The summed E-state index contributed by atoms with van der Waals surface area (Å²) in [7, 11) is 0. The van der Waals surface area contributed by atoms with Crippen LogP contribution in [0.25, 0.3) is 0 Å². The molecule has 8 heteroatoms. The maximum atomic E-state index is 11.8. The molecule has 0 spiro atoms. The Morgan fingerprint density at radius 3 is 2.77 bits per heavy atom. The van der Waals surface area contributed by atoms with E-state index in [1.165, 1.54) is 0 Å². The van der Waals surface area contributed by atoms with Crippen LogP contribution in [0.2, 0.25) is 5.02 Å². The number of benzene rings is 1. The summed E-state index contributed by atoms with van der Waals surface area (Å²) in [5.41, 5.74) is 0. The molecule has 0 aliphatic carbocycles. The molecule has 1 aromatic heterocycles. The number of halogens is 2. The van der Waals surface area contributed by atoms with Crippen LogP contribution >= 0.6 is 46.4 Å². The first-order chi connectivity index (χ1) is 10.5. The summed E-state index contributed by atoms with van der Waals surface area (Å²) < 4.78 is 6.32. The SMILES string of the molecule is O=C(COc1ccccc1Cl)NC(=S)Nc1ccc(I)cn1. The molecule has 0 bridgehead atoms. The van der Waals surface area contributed by atoms with Crippen molar-refractivity contribution in [2.75, 3.05) is 11.9 Å². The fourth-order valence-electron chi connectivity index (χ4n) is 1.47. The molecule has 0 saturated carbocycles. The first-order valence-corrected chi connectivity index (χ1v) is 8.01. The number of thiocarbonyl (C=S) groups is 1. The van der Waals surface area contributed by atoms with E-state index in [1.54, 1.807) is 36.5 Å². The van der Waals surface area contributed by atoms with Gasteiger partial charge in [0.25, 0.3) is 5.91 Å². The van der Waals surface area contributed by atoms with E-state index >= 15 is 0 Å². The fourth-order valence-corrected chi connectivity index (χ4v) is 2.19. The van der Waals surface area contributed by atoms with Crippen LogP contribution in [0.3, 0.4) is 0 Å². The molecule has 2 aromatic rings. The lowest BCUT2D eigenvalue weighted by atomic mass is 10.3. The van der Waals surface area contributed by atoms with Crippen LogP contribution in [0.1, 0.15) is 0 Å². The van der Waals surface area contributed by atoms with Crippen molar-refractivity contribution < 1.29 is 9.53 Å². The predicted molar refractivity (Wildman–Crippen MR) is 98.3 cm³/mol. The van der Waals surface area contributed by atoms with Crippen molar-refractivity contribution in [1.82, 2.24) is 10.3 Å². The lowest BCUT2D eigenvalue weighted by Crippen LogP contribution is -2.37. The van der Waals surface area contributed by atoms with Gasteiger partial charge in [0.1, 0.15) is 11.6 Å². The molecule has 0 unspecified atom stereocenters. The van der Waals surface area contributed by atoms with Gasteiger partial charge in [0, 0.05) is 9.77 Å². The van der Waals surface area contributed by atoms with Crippen LogP contribution in [0, 0.1) is 3.57 Å². The second kappa shape index (κ2) is 8.25. The van der Waals surface area contributed by atoms with Crippen molar-refractivity contribution >= 4 is 63.2 Å². The van der Waals surface area contributed by atoms with E-state index in [-0.39, 0.29) is 17.6 Å². The molecule has 2 N–H and O–H groups in total. The van der Waals surface area contributed by atoms with Crippen molar-refractivity contribution in [3.8, 4) is 5.75 Å². The molecule has 1 amide bonds. The fraction of sp³-hybridized carbons (Fsp3) is 0.0714. The molecule has 0 fully saturated rings. The third-order valence-corrected chi connectivity index (χ3v) is 3.57. The average molecular weight is 448 g/mol. The van der Waals surface area contributed by atoms with Gasteiger partial charge < -0.3 is 10.1 Å². The highest BCUT2D eigenvalue weighted by Crippen LogP contribution is 2.22. The number of carbonyl (C=O) groups excluding carboxylic acids is 1. The van der Waals surface area contributed by atoms with Crippen molar-refractivity contribution in [2.24, 2.45) is 0 Å². The van der Waals surface area contributed by atoms with Crippen LogP contribution in [-0.4, -0.2) is 22.6 Å². The zero-order chi connectivity index (χ0) is 15.9. The highest BCUT2D eigenvalue weighted by atomic mass is 127. The second-order valence-electron chi connectivity index (χ2n) is 4.08. The molecule has 0 aliphatic rings. The monoisotopic (exact) mass is 447 g/mol. The largest absolute Gasteiger partial charge is 0.482 e. The van der Waals surface area contributed by atoms with Crippen molar-refractivity contribution in [3.63, 3.8) is 0 Å². The number of hydrogen-bond acceptors (Lipinski definition) is 4. The number of amides is 1. The maximum absolute atomic E-state index is 11.8. The quantitative estimate of drug-likeness (QED) is 0.557. The number of nitrogens with zero attached hydrogens (tertiary/aromatic N) is 1. The summed E-state index contributed by atoms with van der Waals surface area (Å²) in [5.74, 6) is 0.609. The van der Waals surface area contributed by atoms with E-state index in [4.69, 9.17) is 28.6 Å². The van der Waals surface area contributed by atoms with E-state index < -0.39 is 0 Å². The Kier molecular flexibility index (Phi) is 6.34. The zero-order valence-electron chi connectivity index (χ0n) is 11.2. The molecule has 0 radical (unpaired) electrons.